The number of nitrogens with zero attached hydrogens (tertiary/aromatic N) is 3. The molecule has 0 saturated carbocycles. The molecule has 4 rings (SSSR count). The summed E-state index contributed by atoms with van der Waals surface area (Å²) in [6, 6.07) is 13.7. The lowest BCUT2D eigenvalue weighted by Gasteiger charge is -2.38. The van der Waals surface area contributed by atoms with Gasteiger partial charge in [0.15, 0.2) is 0 Å². The second kappa shape index (κ2) is 10.9. The fourth-order valence-electron chi connectivity index (χ4n) is 4.69. The Bertz CT molecular complexity index is 1020. The molecule has 2 aliphatic heterocycles. The second-order valence-corrected chi connectivity index (χ2v) is 9.01. The molecule has 2 aromatic rings. The number of rotatable bonds is 7. The number of carbonyl (C=O) groups is 2. The van der Waals surface area contributed by atoms with Crippen LogP contribution in [0, 0.1) is 0 Å². The van der Waals surface area contributed by atoms with E-state index in [1.807, 2.05) is 13.0 Å². The maximum Gasteiger partial charge on any atom is 0.313 e. The zero-order chi connectivity index (χ0) is 24.1. The molecule has 2 heterocycles. The van der Waals surface area contributed by atoms with Gasteiger partial charge < -0.3 is 25.2 Å². The third-order valence-corrected chi connectivity index (χ3v) is 6.69. The Hall–Kier alpha value is -3.10. The van der Waals surface area contributed by atoms with Crippen LogP contribution in [0.1, 0.15) is 24.1 Å². The SMILES string of the molecule is CCOc1ccccc1NC(=O)C(=O)NCC(c1ccc2c(c1)CCN2C)N1CCN(C)CC1. The minimum atomic E-state index is -0.695. The van der Waals surface area contributed by atoms with Gasteiger partial charge in [0.05, 0.1) is 18.3 Å². The number of para-hydroxylation sites is 2. The standard InChI is InChI=1S/C26H35N5O3/c1-4-34-24-8-6-5-7-21(24)28-26(33)25(32)27-18-23(31-15-13-29(2)14-16-31)19-9-10-22-20(17-19)11-12-30(22)3/h5-10,17,23H,4,11-16,18H2,1-3H3,(H,27,32)(H,28,33). The summed E-state index contributed by atoms with van der Waals surface area (Å²) in [5.41, 5.74) is 4.29. The van der Waals surface area contributed by atoms with Crippen molar-refractivity contribution >= 4 is 23.2 Å². The number of carbonyl (C=O) groups excluding carboxylic acids is 2. The van der Waals surface area contributed by atoms with Gasteiger partial charge in [-0.25, -0.2) is 0 Å². The Morgan fingerprint density at radius 2 is 1.76 bits per heavy atom. The number of nitrogens with one attached hydrogen (secondary N) is 2. The van der Waals surface area contributed by atoms with Crippen LogP contribution in [0.5, 0.6) is 5.75 Å². The first-order valence-electron chi connectivity index (χ1n) is 12.0. The smallest absolute Gasteiger partial charge is 0.313 e. The van der Waals surface area contributed by atoms with Gasteiger partial charge in [0, 0.05) is 52.0 Å². The lowest BCUT2D eigenvalue weighted by molar-refractivity contribution is -0.136. The van der Waals surface area contributed by atoms with E-state index in [9.17, 15) is 9.59 Å². The summed E-state index contributed by atoms with van der Waals surface area (Å²) in [4.78, 5) is 32.3. The van der Waals surface area contributed by atoms with E-state index in [4.69, 9.17) is 4.74 Å². The molecule has 2 amide bonds. The van der Waals surface area contributed by atoms with Crippen molar-refractivity contribution in [2.45, 2.75) is 19.4 Å². The Kier molecular flexibility index (Phi) is 7.70. The molecule has 2 aromatic carbocycles. The van der Waals surface area contributed by atoms with Crippen LogP contribution < -0.4 is 20.3 Å². The average molecular weight is 466 g/mol. The number of likely N-dealkylation sites (N-methyl/N-ethyl adjacent to an activating group) is 2. The molecule has 1 fully saturated rings. The molecule has 8 heteroatoms. The molecule has 0 bridgehead atoms. The Labute approximate surface area is 201 Å². The first-order chi connectivity index (χ1) is 16.5. The van der Waals surface area contributed by atoms with Crippen molar-refractivity contribution in [3.8, 4) is 5.75 Å². The zero-order valence-electron chi connectivity index (χ0n) is 20.3. The van der Waals surface area contributed by atoms with E-state index in [1.165, 1.54) is 16.8 Å². The molecule has 182 valence electrons. The molecule has 0 aromatic heterocycles. The number of amides is 2. The highest BCUT2D eigenvalue weighted by Gasteiger charge is 2.27. The van der Waals surface area contributed by atoms with Crippen LogP contribution in [0.25, 0.3) is 0 Å². The van der Waals surface area contributed by atoms with E-state index in [1.54, 1.807) is 18.2 Å². The van der Waals surface area contributed by atoms with E-state index in [2.05, 4.69) is 57.6 Å². The summed E-state index contributed by atoms with van der Waals surface area (Å²) in [6.07, 6.45) is 1.03. The number of anilines is 2. The van der Waals surface area contributed by atoms with Gasteiger partial charge in [0.1, 0.15) is 5.75 Å². The number of hydrogen-bond donors (Lipinski definition) is 2. The van der Waals surface area contributed by atoms with E-state index in [0.717, 1.165) is 39.1 Å². The van der Waals surface area contributed by atoms with Crippen molar-refractivity contribution in [1.29, 1.82) is 0 Å². The van der Waals surface area contributed by atoms with Gasteiger partial charge in [-0.05, 0) is 49.7 Å². The van der Waals surface area contributed by atoms with Crippen LogP contribution in [-0.4, -0.2) is 81.6 Å². The Balaban J connectivity index is 1.45. The van der Waals surface area contributed by atoms with Crippen LogP contribution >= 0.6 is 0 Å². The monoisotopic (exact) mass is 465 g/mol. The van der Waals surface area contributed by atoms with Crippen molar-refractivity contribution in [1.82, 2.24) is 15.1 Å². The third kappa shape index (κ3) is 5.51. The lowest BCUT2D eigenvalue weighted by Crippen LogP contribution is -2.49. The number of benzene rings is 2. The molecule has 2 aliphatic rings. The van der Waals surface area contributed by atoms with Crippen LogP contribution in [-0.2, 0) is 16.0 Å². The van der Waals surface area contributed by atoms with Crippen molar-refractivity contribution in [3.05, 3.63) is 53.6 Å². The summed E-state index contributed by atoms with van der Waals surface area (Å²) in [5.74, 6) is -0.796. The first kappa shape index (κ1) is 24.0. The predicted molar refractivity (Wildman–Crippen MR) is 134 cm³/mol. The van der Waals surface area contributed by atoms with Crippen LogP contribution in [0.2, 0.25) is 0 Å². The summed E-state index contributed by atoms with van der Waals surface area (Å²) in [6.45, 7) is 7.54. The number of ether oxygens (including phenoxy) is 1. The molecule has 0 aliphatic carbocycles. The summed E-state index contributed by atoms with van der Waals surface area (Å²) >= 11 is 0. The molecular formula is C26H35N5O3. The van der Waals surface area contributed by atoms with E-state index >= 15 is 0 Å². The minimum Gasteiger partial charge on any atom is -0.492 e. The average Bonchev–Trinajstić information content (AvgIpc) is 3.21. The Morgan fingerprint density at radius 3 is 2.53 bits per heavy atom. The fourth-order valence-corrected chi connectivity index (χ4v) is 4.69. The summed E-state index contributed by atoms with van der Waals surface area (Å²) in [5, 5.41) is 5.56. The third-order valence-electron chi connectivity index (χ3n) is 6.69. The quantitative estimate of drug-likeness (QED) is 0.610. The van der Waals surface area contributed by atoms with Crippen LogP contribution in [0.4, 0.5) is 11.4 Å². The van der Waals surface area contributed by atoms with Gasteiger partial charge >= 0.3 is 11.8 Å². The van der Waals surface area contributed by atoms with Gasteiger partial charge in [0.25, 0.3) is 0 Å². The van der Waals surface area contributed by atoms with E-state index in [-0.39, 0.29) is 6.04 Å². The van der Waals surface area contributed by atoms with Gasteiger partial charge in [-0.15, -0.1) is 0 Å². The molecule has 34 heavy (non-hydrogen) atoms. The van der Waals surface area contributed by atoms with E-state index in [0.29, 0.717) is 24.6 Å². The number of hydrogen-bond acceptors (Lipinski definition) is 6. The van der Waals surface area contributed by atoms with Crippen molar-refractivity contribution < 1.29 is 14.3 Å². The Morgan fingerprint density at radius 1 is 1.00 bits per heavy atom. The fraction of sp³-hybridized carbons (Fsp3) is 0.462. The molecule has 2 N–H and O–H groups in total. The van der Waals surface area contributed by atoms with E-state index < -0.39 is 11.8 Å². The van der Waals surface area contributed by atoms with Crippen molar-refractivity contribution in [2.75, 3.05) is 70.2 Å². The molecule has 1 atom stereocenters. The molecule has 8 nitrogen and oxygen atoms in total. The maximum atomic E-state index is 12.7. The first-order valence-corrected chi connectivity index (χ1v) is 12.0. The highest BCUT2D eigenvalue weighted by atomic mass is 16.5. The normalized spacial score (nSPS) is 17.2. The van der Waals surface area contributed by atoms with Crippen molar-refractivity contribution in [2.24, 2.45) is 0 Å². The number of fused-ring (bicyclic) bond motifs is 1. The minimum absolute atomic E-state index is 0.0115. The van der Waals surface area contributed by atoms with Crippen LogP contribution in [0.15, 0.2) is 42.5 Å². The maximum absolute atomic E-state index is 12.7. The summed E-state index contributed by atoms with van der Waals surface area (Å²) < 4.78 is 5.55. The summed E-state index contributed by atoms with van der Waals surface area (Å²) in [7, 11) is 4.25. The molecule has 0 spiro atoms. The highest BCUT2D eigenvalue weighted by molar-refractivity contribution is 6.39. The van der Waals surface area contributed by atoms with Gasteiger partial charge in [-0.2, -0.15) is 0 Å². The van der Waals surface area contributed by atoms with Crippen molar-refractivity contribution in [3.63, 3.8) is 0 Å². The van der Waals surface area contributed by atoms with Gasteiger partial charge in [0.2, 0.25) is 0 Å². The van der Waals surface area contributed by atoms with Crippen LogP contribution in [0.3, 0.4) is 0 Å². The number of piperazine rings is 1. The highest BCUT2D eigenvalue weighted by Crippen LogP contribution is 2.31. The predicted octanol–water partition coefficient (Wildman–Crippen LogP) is 2.12. The van der Waals surface area contributed by atoms with Gasteiger partial charge in [-0.3, -0.25) is 14.5 Å². The lowest BCUT2D eigenvalue weighted by atomic mass is 10.00. The second-order valence-electron chi connectivity index (χ2n) is 9.01. The molecule has 1 unspecified atom stereocenters. The molecule has 0 radical (unpaired) electrons. The zero-order valence-corrected chi connectivity index (χ0v) is 20.3. The van der Waals surface area contributed by atoms with Gasteiger partial charge in [-0.1, -0.05) is 24.3 Å². The molecular weight excluding hydrogens is 430 g/mol. The molecule has 1 saturated heterocycles. The largest absolute Gasteiger partial charge is 0.492 e. The topological polar surface area (TPSA) is 77.1 Å².